The van der Waals surface area contributed by atoms with E-state index in [2.05, 4.69) is 5.32 Å². The van der Waals surface area contributed by atoms with Gasteiger partial charge in [-0.2, -0.15) is 0 Å². The SMILES string of the molecule is NC(=O)c1ccc(Cl)cc1NC(CC(=O)O)C1CC1. The minimum absolute atomic E-state index is 0.00931. The van der Waals surface area contributed by atoms with Crippen molar-refractivity contribution in [2.45, 2.75) is 25.3 Å². The lowest BCUT2D eigenvalue weighted by Gasteiger charge is -2.19. The smallest absolute Gasteiger partial charge is 0.305 e. The summed E-state index contributed by atoms with van der Waals surface area (Å²) in [5.41, 5.74) is 6.11. The van der Waals surface area contributed by atoms with Gasteiger partial charge < -0.3 is 16.2 Å². The number of anilines is 1. The highest BCUT2D eigenvalue weighted by molar-refractivity contribution is 6.31. The highest BCUT2D eigenvalue weighted by atomic mass is 35.5. The molecule has 1 unspecified atom stereocenters. The lowest BCUT2D eigenvalue weighted by Crippen LogP contribution is -2.27. The Bertz CT molecular complexity index is 515. The summed E-state index contributed by atoms with van der Waals surface area (Å²) in [7, 11) is 0. The van der Waals surface area contributed by atoms with Crippen molar-refractivity contribution >= 4 is 29.2 Å². The number of nitrogens with two attached hydrogens (primary N) is 1. The summed E-state index contributed by atoms with van der Waals surface area (Å²) in [4.78, 5) is 22.2. The maximum Gasteiger partial charge on any atom is 0.305 e. The number of carbonyl (C=O) groups excluding carboxylic acids is 1. The minimum atomic E-state index is -0.868. The highest BCUT2D eigenvalue weighted by Gasteiger charge is 2.33. The first-order chi connectivity index (χ1) is 8.97. The number of carboxylic acids is 1. The molecule has 1 aliphatic carbocycles. The van der Waals surface area contributed by atoms with Crippen LogP contribution in [0.15, 0.2) is 18.2 Å². The summed E-state index contributed by atoms with van der Waals surface area (Å²) < 4.78 is 0. The van der Waals surface area contributed by atoms with Gasteiger partial charge in [0.25, 0.3) is 5.91 Å². The fourth-order valence-corrected chi connectivity index (χ4v) is 2.24. The maximum atomic E-state index is 11.3. The molecule has 0 aromatic heterocycles. The van der Waals surface area contributed by atoms with E-state index in [1.165, 1.54) is 6.07 Å². The Hall–Kier alpha value is -1.75. The van der Waals surface area contributed by atoms with Crippen LogP contribution in [0.25, 0.3) is 0 Å². The number of carbonyl (C=O) groups is 2. The van der Waals surface area contributed by atoms with E-state index < -0.39 is 11.9 Å². The van der Waals surface area contributed by atoms with Crippen molar-refractivity contribution in [1.82, 2.24) is 0 Å². The topological polar surface area (TPSA) is 92.4 Å². The molecule has 19 heavy (non-hydrogen) atoms. The van der Waals surface area contributed by atoms with Crippen LogP contribution >= 0.6 is 11.6 Å². The van der Waals surface area contributed by atoms with E-state index in [9.17, 15) is 9.59 Å². The van der Waals surface area contributed by atoms with Crippen molar-refractivity contribution in [3.63, 3.8) is 0 Å². The predicted molar refractivity (Wildman–Crippen MR) is 72.4 cm³/mol. The van der Waals surface area contributed by atoms with Crippen LogP contribution in [0, 0.1) is 5.92 Å². The first-order valence-electron chi connectivity index (χ1n) is 6.05. The van der Waals surface area contributed by atoms with Crippen molar-refractivity contribution in [3.05, 3.63) is 28.8 Å². The van der Waals surface area contributed by atoms with E-state index in [0.29, 0.717) is 22.2 Å². The molecular formula is C13H15ClN2O3. The zero-order chi connectivity index (χ0) is 14.0. The van der Waals surface area contributed by atoms with Gasteiger partial charge in [0.2, 0.25) is 0 Å². The van der Waals surface area contributed by atoms with Crippen molar-refractivity contribution in [2.75, 3.05) is 5.32 Å². The molecule has 0 saturated heterocycles. The normalized spacial score (nSPS) is 15.8. The van der Waals surface area contributed by atoms with Gasteiger partial charge in [0.05, 0.1) is 12.0 Å². The molecule has 0 radical (unpaired) electrons. The molecule has 1 aromatic rings. The van der Waals surface area contributed by atoms with E-state index in [4.69, 9.17) is 22.4 Å². The lowest BCUT2D eigenvalue weighted by atomic mass is 10.1. The number of hydrogen-bond donors (Lipinski definition) is 3. The first kappa shape index (κ1) is 13.7. The maximum absolute atomic E-state index is 11.3. The van der Waals surface area contributed by atoms with Gasteiger partial charge in [-0.05, 0) is 37.0 Å². The third-order valence-corrected chi connectivity index (χ3v) is 3.41. The molecule has 6 heteroatoms. The Morgan fingerprint density at radius 1 is 1.47 bits per heavy atom. The molecule has 0 spiro atoms. The molecule has 0 heterocycles. The summed E-state index contributed by atoms with van der Waals surface area (Å²) in [6.07, 6.45) is 2.00. The fraction of sp³-hybridized carbons (Fsp3) is 0.385. The molecule has 1 saturated carbocycles. The molecule has 1 fully saturated rings. The Morgan fingerprint density at radius 2 is 2.16 bits per heavy atom. The van der Waals surface area contributed by atoms with Crippen LogP contribution < -0.4 is 11.1 Å². The first-order valence-corrected chi connectivity index (χ1v) is 6.43. The van der Waals surface area contributed by atoms with E-state index in [-0.39, 0.29) is 12.5 Å². The molecule has 0 bridgehead atoms. The number of benzene rings is 1. The van der Waals surface area contributed by atoms with E-state index >= 15 is 0 Å². The van der Waals surface area contributed by atoms with Crippen LogP contribution in [0.4, 0.5) is 5.69 Å². The number of aliphatic carboxylic acids is 1. The second kappa shape index (κ2) is 5.48. The number of nitrogens with one attached hydrogen (secondary N) is 1. The largest absolute Gasteiger partial charge is 0.481 e. The average molecular weight is 283 g/mol. The fourth-order valence-electron chi connectivity index (χ4n) is 2.07. The van der Waals surface area contributed by atoms with E-state index in [0.717, 1.165) is 12.8 Å². The quantitative estimate of drug-likeness (QED) is 0.745. The number of primary amides is 1. The van der Waals surface area contributed by atoms with Crippen LogP contribution in [0.1, 0.15) is 29.6 Å². The Labute approximate surface area is 115 Å². The molecule has 0 aliphatic heterocycles. The number of halogens is 1. The summed E-state index contributed by atoms with van der Waals surface area (Å²) in [6, 6.07) is 4.52. The molecule has 1 aromatic carbocycles. The van der Waals surface area contributed by atoms with Crippen molar-refractivity contribution in [3.8, 4) is 0 Å². The van der Waals surface area contributed by atoms with Crippen molar-refractivity contribution in [1.29, 1.82) is 0 Å². The van der Waals surface area contributed by atoms with Gasteiger partial charge in [0.15, 0.2) is 0 Å². The summed E-state index contributed by atoms with van der Waals surface area (Å²) in [5, 5.41) is 12.5. The van der Waals surface area contributed by atoms with Crippen LogP contribution in [-0.4, -0.2) is 23.0 Å². The molecular weight excluding hydrogens is 268 g/mol. The third-order valence-electron chi connectivity index (χ3n) is 3.17. The number of carboxylic acid groups (broad SMARTS) is 1. The number of rotatable bonds is 6. The van der Waals surface area contributed by atoms with Crippen LogP contribution in [0.5, 0.6) is 0 Å². The van der Waals surface area contributed by atoms with Gasteiger partial charge in [0.1, 0.15) is 0 Å². The molecule has 2 rings (SSSR count). The predicted octanol–water partition coefficient (Wildman–Crippen LogP) is 2.10. The summed E-state index contributed by atoms with van der Waals surface area (Å²) in [6.45, 7) is 0. The minimum Gasteiger partial charge on any atom is -0.481 e. The van der Waals surface area contributed by atoms with Crippen LogP contribution in [0.2, 0.25) is 5.02 Å². The third kappa shape index (κ3) is 3.61. The highest BCUT2D eigenvalue weighted by Crippen LogP contribution is 2.36. The van der Waals surface area contributed by atoms with Gasteiger partial charge >= 0.3 is 5.97 Å². The van der Waals surface area contributed by atoms with Gasteiger partial charge in [0, 0.05) is 16.8 Å². The monoisotopic (exact) mass is 282 g/mol. The molecule has 4 N–H and O–H groups in total. The molecule has 1 aliphatic rings. The zero-order valence-corrected chi connectivity index (χ0v) is 11.0. The Kier molecular flexibility index (Phi) is 3.95. The lowest BCUT2D eigenvalue weighted by molar-refractivity contribution is -0.137. The van der Waals surface area contributed by atoms with Crippen LogP contribution in [0.3, 0.4) is 0 Å². The second-order valence-corrected chi connectivity index (χ2v) is 5.18. The second-order valence-electron chi connectivity index (χ2n) is 4.74. The molecule has 102 valence electrons. The number of amides is 1. The molecule has 1 amide bonds. The Balaban J connectivity index is 2.22. The van der Waals surface area contributed by atoms with Gasteiger partial charge in [-0.3, -0.25) is 9.59 Å². The van der Waals surface area contributed by atoms with Gasteiger partial charge in [-0.25, -0.2) is 0 Å². The van der Waals surface area contributed by atoms with Gasteiger partial charge in [-0.15, -0.1) is 0 Å². The van der Waals surface area contributed by atoms with E-state index in [1.807, 2.05) is 0 Å². The standard InChI is InChI=1S/C13H15ClN2O3/c14-8-3-4-9(13(15)19)11(5-8)16-10(6-12(17)18)7-1-2-7/h3-5,7,10,16H,1-2,6H2,(H2,15,19)(H,17,18). The summed E-state index contributed by atoms with van der Waals surface area (Å²) >= 11 is 5.90. The zero-order valence-electron chi connectivity index (χ0n) is 10.2. The van der Waals surface area contributed by atoms with Crippen molar-refractivity contribution < 1.29 is 14.7 Å². The summed E-state index contributed by atoms with van der Waals surface area (Å²) in [5.74, 6) is -1.10. The molecule has 5 nitrogen and oxygen atoms in total. The Morgan fingerprint density at radius 3 is 2.68 bits per heavy atom. The van der Waals surface area contributed by atoms with Crippen molar-refractivity contribution in [2.24, 2.45) is 11.7 Å². The van der Waals surface area contributed by atoms with Gasteiger partial charge in [-0.1, -0.05) is 11.6 Å². The van der Waals surface area contributed by atoms with Crippen LogP contribution in [-0.2, 0) is 4.79 Å². The molecule has 1 atom stereocenters. The number of hydrogen-bond acceptors (Lipinski definition) is 3. The van der Waals surface area contributed by atoms with E-state index in [1.54, 1.807) is 12.1 Å². The average Bonchev–Trinajstić information content (AvgIpc) is 3.10.